The van der Waals surface area contributed by atoms with Gasteiger partial charge in [0.15, 0.2) is 0 Å². The second-order valence-electron chi connectivity index (χ2n) is 6.43. The van der Waals surface area contributed by atoms with Crippen molar-refractivity contribution in [3.05, 3.63) is 46.1 Å². The summed E-state index contributed by atoms with van der Waals surface area (Å²) in [4.78, 5) is 19.8. The van der Waals surface area contributed by atoms with Gasteiger partial charge in [-0.25, -0.2) is 4.98 Å². The summed E-state index contributed by atoms with van der Waals surface area (Å²) in [7, 11) is 0. The highest BCUT2D eigenvalue weighted by molar-refractivity contribution is 5.61. The summed E-state index contributed by atoms with van der Waals surface area (Å²) in [6.07, 6.45) is -1.09. The molecule has 3 rings (SSSR count). The van der Waals surface area contributed by atoms with E-state index in [1.54, 1.807) is 13.0 Å². The molecule has 0 aliphatic heterocycles. The van der Waals surface area contributed by atoms with E-state index in [0.717, 1.165) is 12.8 Å². The van der Waals surface area contributed by atoms with E-state index in [1.807, 2.05) is 0 Å². The number of hydrogen-bond acceptors (Lipinski definition) is 6. The van der Waals surface area contributed by atoms with Crippen LogP contribution in [0.15, 0.2) is 30.5 Å². The second kappa shape index (κ2) is 7.99. The molecule has 1 saturated carbocycles. The minimum absolute atomic E-state index is 0.0102. The predicted molar refractivity (Wildman–Crippen MR) is 95.7 cm³/mol. The Morgan fingerprint density at radius 1 is 1.32 bits per heavy atom. The zero-order valence-electron chi connectivity index (χ0n) is 15.1. The molecule has 150 valence electrons. The summed E-state index contributed by atoms with van der Waals surface area (Å²) in [5, 5.41) is 11.0. The first-order valence-corrected chi connectivity index (χ1v) is 8.92. The Hall–Kier alpha value is -2.91. The fraction of sp³-hybridized carbons (Fsp3) is 0.444. The van der Waals surface area contributed by atoms with Gasteiger partial charge in [0.05, 0.1) is 10.6 Å². The molecule has 1 fully saturated rings. The maximum Gasteiger partial charge on any atom is 0.423 e. The molecule has 1 aliphatic rings. The monoisotopic (exact) mass is 396 g/mol. The van der Waals surface area contributed by atoms with Crippen LogP contribution in [0, 0.1) is 10.1 Å². The quantitative estimate of drug-likeness (QED) is 0.511. The molecule has 0 unspecified atom stereocenters. The van der Waals surface area contributed by atoms with Crippen LogP contribution in [-0.2, 0) is 6.18 Å². The van der Waals surface area contributed by atoms with Crippen molar-refractivity contribution in [2.24, 2.45) is 0 Å². The SMILES string of the molecule is CCN(c1cccc([N+](=O)[O-])c1)c1ncc(C(F)(F)F)c(OC2CCCC2)n1. The van der Waals surface area contributed by atoms with E-state index in [1.165, 1.54) is 23.1 Å². The Kier molecular flexibility index (Phi) is 5.66. The van der Waals surface area contributed by atoms with Gasteiger partial charge in [0.1, 0.15) is 11.7 Å². The van der Waals surface area contributed by atoms with E-state index in [-0.39, 0.29) is 17.7 Å². The summed E-state index contributed by atoms with van der Waals surface area (Å²) in [6.45, 7) is 2.05. The number of nitro benzene ring substituents is 1. The summed E-state index contributed by atoms with van der Waals surface area (Å²) >= 11 is 0. The lowest BCUT2D eigenvalue weighted by Crippen LogP contribution is -2.22. The molecule has 10 heteroatoms. The van der Waals surface area contributed by atoms with Gasteiger partial charge in [-0.3, -0.25) is 10.1 Å². The molecule has 28 heavy (non-hydrogen) atoms. The first-order valence-electron chi connectivity index (χ1n) is 8.92. The lowest BCUT2D eigenvalue weighted by Gasteiger charge is -2.23. The Labute approximate surface area is 159 Å². The second-order valence-corrected chi connectivity index (χ2v) is 6.43. The number of aromatic nitrogens is 2. The molecule has 1 aromatic carbocycles. The molecule has 0 atom stereocenters. The average Bonchev–Trinajstić information content (AvgIpc) is 3.15. The predicted octanol–water partition coefficient (Wildman–Crippen LogP) is 4.88. The smallest absolute Gasteiger partial charge is 0.423 e. The van der Waals surface area contributed by atoms with Gasteiger partial charge >= 0.3 is 6.18 Å². The number of ether oxygens (including phenoxy) is 1. The Balaban J connectivity index is 1.99. The molecule has 0 saturated heterocycles. The van der Waals surface area contributed by atoms with Crippen molar-refractivity contribution < 1.29 is 22.8 Å². The highest BCUT2D eigenvalue weighted by Crippen LogP contribution is 2.38. The van der Waals surface area contributed by atoms with E-state index in [9.17, 15) is 23.3 Å². The highest BCUT2D eigenvalue weighted by atomic mass is 19.4. The highest BCUT2D eigenvalue weighted by Gasteiger charge is 2.37. The molecule has 1 aliphatic carbocycles. The van der Waals surface area contributed by atoms with Crippen molar-refractivity contribution >= 4 is 17.3 Å². The van der Waals surface area contributed by atoms with Gasteiger partial charge in [-0.2, -0.15) is 18.2 Å². The summed E-state index contributed by atoms with van der Waals surface area (Å²) < 4.78 is 45.6. The largest absolute Gasteiger partial charge is 0.474 e. The molecule has 2 aromatic rings. The van der Waals surface area contributed by atoms with Crippen LogP contribution in [-0.4, -0.2) is 27.5 Å². The number of benzene rings is 1. The van der Waals surface area contributed by atoms with Crippen LogP contribution >= 0.6 is 0 Å². The van der Waals surface area contributed by atoms with Crippen molar-refractivity contribution in [3.8, 4) is 5.88 Å². The van der Waals surface area contributed by atoms with E-state index in [4.69, 9.17) is 4.74 Å². The standard InChI is InChI=1S/C18H19F3N4O3/c1-2-24(12-6-5-7-13(10-12)25(26)27)17-22-11-15(18(19,20)21)16(23-17)28-14-8-3-4-9-14/h5-7,10-11,14H,2-4,8-9H2,1H3. The van der Waals surface area contributed by atoms with Crippen LogP contribution in [0.3, 0.4) is 0 Å². The zero-order valence-corrected chi connectivity index (χ0v) is 15.1. The van der Waals surface area contributed by atoms with Crippen molar-refractivity contribution in [2.75, 3.05) is 11.4 Å². The van der Waals surface area contributed by atoms with Crippen molar-refractivity contribution in [2.45, 2.75) is 44.9 Å². The third-order valence-electron chi connectivity index (χ3n) is 4.54. The van der Waals surface area contributed by atoms with Crippen LogP contribution in [0.25, 0.3) is 0 Å². The van der Waals surface area contributed by atoms with Crippen molar-refractivity contribution in [3.63, 3.8) is 0 Å². The number of non-ortho nitro benzene ring substituents is 1. The molecular weight excluding hydrogens is 377 g/mol. The molecule has 1 heterocycles. The molecule has 0 amide bonds. The number of hydrogen-bond donors (Lipinski definition) is 0. The molecule has 0 N–H and O–H groups in total. The number of anilines is 2. The van der Waals surface area contributed by atoms with E-state index in [0.29, 0.717) is 31.3 Å². The van der Waals surface area contributed by atoms with Crippen LogP contribution in [0.1, 0.15) is 38.2 Å². The van der Waals surface area contributed by atoms with Gasteiger partial charge in [0.25, 0.3) is 5.69 Å². The molecule has 1 aromatic heterocycles. The molecule has 0 bridgehead atoms. The lowest BCUT2D eigenvalue weighted by molar-refractivity contribution is -0.384. The number of rotatable bonds is 6. The summed E-state index contributed by atoms with van der Waals surface area (Å²) in [5.41, 5.74) is -0.758. The van der Waals surface area contributed by atoms with Gasteiger partial charge in [-0.15, -0.1) is 0 Å². The topological polar surface area (TPSA) is 81.4 Å². The van der Waals surface area contributed by atoms with Gasteiger partial charge in [0.2, 0.25) is 11.8 Å². The minimum atomic E-state index is -4.64. The van der Waals surface area contributed by atoms with E-state index >= 15 is 0 Å². The average molecular weight is 396 g/mol. The summed E-state index contributed by atoms with van der Waals surface area (Å²) in [6, 6.07) is 5.76. The van der Waals surface area contributed by atoms with E-state index in [2.05, 4.69) is 9.97 Å². The maximum atomic E-state index is 13.4. The first kappa shape index (κ1) is 19.8. The Bertz CT molecular complexity index is 854. The third-order valence-corrected chi connectivity index (χ3v) is 4.54. The fourth-order valence-electron chi connectivity index (χ4n) is 3.15. The van der Waals surface area contributed by atoms with E-state index < -0.39 is 22.5 Å². The molecular formula is C18H19F3N4O3. The number of nitrogens with zero attached hydrogens (tertiary/aromatic N) is 4. The van der Waals surface area contributed by atoms with Gasteiger partial charge < -0.3 is 9.64 Å². The normalized spacial score (nSPS) is 14.9. The molecule has 0 radical (unpaired) electrons. The minimum Gasteiger partial charge on any atom is -0.474 e. The zero-order chi connectivity index (χ0) is 20.3. The van der Waals surface area contributed by atoms with Crippen LogP contribution in [0.5, 0.6) is 5.88 Å². The van der Waals surface area contributed by atoms with Gasteiger partial charge in [-0.05, 0) is 38.7 Å². The molecule has 0 spiro atoms. The first-order chi connectivity index (χ1) is 13.3. The maximum absolute atomic E-state index is 13.4. The van der Waals surface area contributed by atoms with Crippen molar-refractivity contribution in [1.29, 1.82) is 0 Å². The van der Waals surface area contributed by atoms with Crippen LogP contribution in [0.4, 0.5) is 30.5 Å². The van der Waals surface area contributed by atoms with Crippen LogP contribution < -0.4 is 9.64 Å². The third kappa shape index (κ3) is 4.32. The number of nitro groups is 1. The van der Waals surface area contributed by atoms with Crippen molar-refractivity contribution in [1.82, 2.24) is 9.97 Å². The van der Waals surface area contributed by atoms with Crippen LogP contribution in [0.2, 0.25) is 0 Å². The van der Waals surface area contributed by atoms with Gasteiger partial charge in [-0.1, -0.05) is 6.07 Å². The fourth-order valence-corrected chi connectivity index (χ4v) is 3.15. The number of halogens is 3. The van der Waals surface area contributed by atoms with Gasteiger partial charge in [0, 0.05) is 24.9 Å². The Morgan fingerprint density at radius 2 is 2.04 bits per heavy atom. The lowest BCUT2D eigenvalue weighted by atomic mass is 10.2. The number of alkyl halides is 3. The molecule has 7 nitrogen and oxygen atoms in total. The Morgan fingerprint density at radius 3 is 2.64 bits per heavy atom. The summed E-state index contributed by atoms with van der Waals surface area (Å²) in [5.74, 6) is -0.516.